The lowest BCUT2D eigenvalue weighted by molar-refractivity contribution is 0.0745. The van der Waals surface area contributed by atoms with Crippen molar-refractivity contribution in [2.45, 2.75) is 37.6 Å². The van der Waals surface area contributed by atoms with Gasteiger partial charge in [0.1, 0.15) is 17.3 Å². The van der Waals surface area contributed by atoms with Crippen LogP contribution in [0.5, 0.6) is 0 Å². The summed E-state index contributed by atoms with van der Waals surface area (Å²) in [4.78, 5) is 0. The Hall–Kier alpha value is -2.05. The van der Waals surface area contributed by atoms with E-state index in [1.165, 1.54) is 0 Å². The number of aromatic nitrogens is 2. The van der Waals surface area contributed by atoms with E-state index in [9.17, 15) is 9.47 Å². The topological polar surface area (TPSA) is 94.0 Å². The molecule has 0 aromatic carbocycles. The SMILES string of the molecule is C=C/C=C(\C=C)c1n[nH]c(C2CCC(NS(=O)N3CCOCC3)CC2)c1C#N. The Morgan fingerprint density at radius 2 is 2.04 bits per heavy atom. The zero-order valence-corrected chi connectivity index (χ0v) is 16.8. The second-order valence-electron chi connectivity index (χ2n) is 6.99. The summed E-state index contributed by atoms with van der Waals surface area (Å²) in [5.41, 5.74) is 2.88. The zero-order valence-electron chi connectivity index (χ0n) is 16.0. The molecule has 7 nitrogen and oxygen atoms in total. The van der Waals surface area contributed by atoms with Gasteiger partial charge in [0.25, 0.3) is 0 Å². The third-order valence-electron chi connectivity index (χ3n) is 5.30. The molecule has 2 aliphatic rings. The van der Waals surface area contributed by atoms with Crippen LogP contribution >= 0.6 is 0 Å². The number of rotatable bonds is 7. The average Bonchev–Trinajstić information content (AvgIpc) is 3.17. The fourth-order valence-electron chi connectivity index (χ4n) is 3.77. The Kier molecular flexibility index (Phi) is 7.34. The summed E-state index contributed by atoms with van der Waals surface area (Å²) < 4.78 is 23.0. The molecule has 2 heterocycles. The van der Waals surface area contributed by atoms with Crippen LogP contribution in [-0.4, -0.2) is 51.1 Å². The lowest BCUT2D eigenvalue weighted by Crippen LogP contribution is -2.46. The summed E-state index contributed by atoms with van der Waals surface area (Å²) in [6.07, 6.45) is 8.82. The van der Waals surface area contributed by atoms with Crippen LogP contribution in [0.3, 0.4) is 0 Å². The highest BCUT2D eigenvalue weighted by molar-refractivity contribution is 7.80. The summed E-state index contributed by atoms with van der Waals surface area (Å²) in [7, 11) is 0. The number of aromatic amines is 1. The zero-order chi connectivity index (χ0) is 19.9. The van der Waals surface area contributed by atoms with Gasteiger partial charge in [-0.1, -0.05) is 31.4 Å². The summed E-state index contributed by atoms with van der Waals surface area (Å²) in [6.45, 7) is 10.2. The molecule has 0 bridgehead atoms. The van der Waals surface area contributed by atoms with Gasteiger partial charge in [-0.25, -0.2) is 13.2 Å². The van der Waals surface area contributed by atoms with Crippen molar-refractivity contribution in [2.24, 2.45) is 0 Å². The minimum Gasteiger partial charge on any atom is -0.379 e. The molecule has 150 valence electrons. The molecule has 3 rings (SSSR count). The molecular formula is C20H27N5O2S. The Labute approximate surface area is 168 Å². The first-order valence-corrected chi connectivity index (χ1v) is 10.7. The maximum atomic E-state index is 12.5. The molecule has 1 aliphatic carbocycles. The molecule has 1 aromatic heterocycles. The summed E-state index contributed by atoms with van der Waals surface area (Å²) in [6, 6.07) is 2.52. The second kappa shape index (κ2) is 9.94. The van der Waals surface area contributed by atoms with Gasteiger partial charge in [0.15, 0.2) is 11.2 Å². The second-order valence-corrected chi connectivity index (χ2v) is 8.24. The van der Waals surface area contributed by atoms with E-state index in [2.05, 4.69) is 34.1 Å². The van der Waals surface area contributed by atoms with Crippen molar-refractivity contribution >= 4 is 16.7 Å². The van der Waals surface area contributed by atoms with Gasteiger partial charge in [-0.3, -0.25) is 5.10 Å². The number of nitrogens with one attached hydrogen (secondary N) is 2. The molecule has 0 radical (unpaired) electrons. The Morgan fingerprint density at radius 3 is 2.64 bits per heavy atom. The van der Waals surface area contributed by atoms with Crippen LogP contribution in [0, 0.1) is 11.3 Å². The van der Waals surface area contributed by atoms with Crippen molar-refractivity contribution in [3.05, 3.63) is 48.3 Å². The molecule has 1 saturated carbocycles. The van der Waals surface area contributed by atoms with E-state index in [-0.39, 0.29) is 12.0 Å². The third-order valence-corrected chi connectivity index (χ3v) is 6.67. The van der Waals surface area contributed by atoms with Crippen LogP contribution in [0.15, 0.2) is 31.4 Å². The Balaban J connectivity index is 1.62. The number of nitrogens with zero attached hydrogens (tertiary/aromatic N) is 3. The molecular weight excluding hydrogens is 374 g/mol. The van der Waals surface area contributed by atoms with Gasteiger partial charge in [-0.15, -0.1) is 0 Å². The molecule has 8 heteroatoms. The first-order valence-electron chi connectivity index (χ1n) is 9.62. The van der Waals surface area contributed by atoms with Gasteiger partial charge in [-0.2, -0.15) is 10.4 Å². The summed E-state index contributed by atoms with van der Waals surface area (Å²) in [5.74, 6) is 0.251. The minimum absolute atomic E-state index is 0.220. The number of hydrogen-bond acceptors (Lipinski definition) is 4. The van der Waals surface area contributed by atoms with Crippen molar-refractivity contribution in [3.8, 4) is 6.07 Å². The van der Waals surface area contributed by atoms with Crippen LogP contribution in [0.2, 0.25) is 0 Å². The normalized spacial score (nSPS) is 25.0. The van der Waals surface area contributed by atoms with Crippen LogP contribution < -0.4 is 4.72 Å². The predicted octanol–water partition coefficient (Wildman–Crippen LogP) is 2.56. The Morgan fingerprint density at radius 1 is 1.32 bits per heavy atom. The molecule has 2 fully saturated rings. The maximum Gasteiger partial charge on any atom is 0.170 e. The molecule has 1 aromatic rings. The number of nitriles is 1. The van der Waals surface area contributed by atoms with E-state index in [1.807, 2.05) is 4.31 Å². The monoisotopic (exact) mass is 401 g/mol. The first kappa shape index (κ1) is 20.7. The largest absolute Gasteiger partial charge is 0.379 e. The average molecular weight is 402 g/mol. The van der Waals surface area contributed by atoms with E-state index in [0.29, 0.717) is 37.6 Å². The van der Waals surface area contributed by atoms with Crippen LogP contribution in [0.4, 0.5) is 0 Å². The quantitative estimate of drug-likeness (QED) is 0.687. The number of hydrogen-bond donors (Lipinski definition) is 2. The van der Waals surface area contributed by atoms with Crippen LogP contribution in [0.1, 0.15) is 48.6 Å². The van der Waals surface area contributed by atoms with Crippen molar-refractivity contribution in [1.82, 2.24) is 19.2 Å². The van der Waals surface area contributed by atoms with Crippen molar-refractivity contribution in [2.75, 3.05) is 26.3 Å². The molecule has 0 amide bonds. The number of morpholine rings is 1. The van der Waals surface area contributed by atoms with Gasteiger partial charge in [0, 0.05) is 30.6 Å². The first-order chi connectivity index (χ1) is 13.7. The number of H-pyrrole nitrogens is 1. The summed E-state index contributed by atoms with van der Waals surface area (Å²) >= 11 is -1.17. The molecule has 0 spiro atoms. The van der Waals surface area contributed by atoms with Gasteiger partial charge in [-0.05, 0) is 25.7 Å². The molecule has 1 aliphatic heterocycles. The van der Waals surface area contributed by atoms with Crippen molar-refractivity contribution < 1.29 is 8.95 Å². The number of allylic oxidation sites excluding steroid dienone is 4. The van der Waals surface area contributed by atoms with E-state index in [1.54, 1.807) is 18.2 Å². The molecule has 2 N–H and O–H groups in total. The standard InChI is InChI=1S/C20H27N5O2S/c1-3-5-15(4-2)19-18(14-21)20(23-22-19)16-6-8-17(9-7-16)24-28(26)25-10-12-27-13-11-25/h3-5,16-17,24H,1-2,6-13H2,(H,22,23)/b15-5+. The highest BCUT2D eigenvalue weighted by atomic mass is 32.2. The molecule has 28 heavy (non-hydrogen) atoms. The van der Waals surface area contributed by atoms with E-state index >= 15 is 0 Å². The van der Waals surface area contributed by atoms with E-state index in [0.717, 1.165) is 37.0 Å². The fourth-order valence-corrected chi connectivity index (χ4v) is 4.92. The van der Waals surface area contributed by atoms with Gasteiger partial charge >= 0.3 is 0 Å². The van der Waals surface area contributed by atoms with Gasteiger partial charge < -0.3 is 4.74 Å². The fraction of sp³-hybridized carbons (Fsp3) is 0.500. The lowest BCUT2D eigenvalue weighted by atomic mass is 9.83. The van der Waals surface area contributed by atoms with E-state index in [4.69, 9.17) is 4.74 Å². The Bertz CT molecular complexity index is 796. The summed E-state index contributed by atoms with van der Waals surface area (Å²) in [5, 5.41) is 17.1. The number of ether oxygens (including phenoxy) is 1. The minimum atomic E-state index is -1.17. The molecule has 1 atom stereocenters. The van der Waals surface area contributed by atoms with Crippen LogP contribution in [0.25, 0.3) is 5.57 Å². The third kappa shape index (κ3) is 4.67. The van der Waals surface area contributed by atoms with E-state index < -0.39 is 11.2 Å². The van der Waals surface area contributed by atoms with Crippen LogP contribution in [-0.2, 0) is 15.9 Å². The van der Waals surface area contributed by atoms with Crippen molar-refractivity contribution in [1.29, 1.82) is 5.26 Å². The maximum absolute atomic E-state index is 12.5. The predicted molar refractivity (Wildman–Crippen MR) is 110 cm³/mol. The smallest absolute Gasteiger partial charge is 0.170 e. The van der Waals surface area contributed by atoms with Gasteiger partial charge in [0.2, 0.25) is 0 Å². The lowest BCUT2D eigenvalue weighted by Gasteiger charge is -2.31. The molecule has 1 unspecified atom stereocenters. The highest BCUT2D eigenvalue weighted by Crippen LogP contribution is 2.35. The highest BCUT2D eigenvalue weighted by Gasteiger charge is 2.29. The van der Waals surface area contributed by atoms with Crippen molar-refractivity contribution in [3.63, 3.8) is 0 Å². The van der Waals surface area contributed by atoms with Gasteiger partial charge in [0.05, 0.1) is 18.9 Å². The molecule has 1 saturated heterocycles.